The van der Waals surface area contributed by atoms with Gasteiger partial charge in [0.15, 0.2) is 0 Å². The van der Waals surface area contributed by atoms with Crippen LogP contribution in [-0.4, -0.2) is 0 Å². The quantitative estimate of drug-likeness (QED) is 0.566. The van der Waals surface area contributed by atoms with Crippen LogP contribution in [0.15, 0.2) is 18.2 Å². The standard InChI is InChI=1S/C8H3ClF3N/c1-13-7-4-5(8(10,11)12)2-3-6(7)9/h2-4H. The van der Waals surface area contributed by atoms with Crippen molar-refractivity contribution in [2.24, 2.45) is 0 Å². The van der Waals surface area contributed by atoms with Gasteiger partial charge in [0.1, 0.15) is 0 Å². The Kier molecular flexibility index (Phi) is 2.48. The van der Waals surface area contributed by atoms with Crippen molar-refractivity contribution in [3.05, 3.63) is 40.2 Å². The molecule has 0 atom stereocenters. The average Bonchev–Trinajstić information content (AvgIpc) is 2.03. The highest BCUT2D eigenvalue weighted by Crippen LogP contribution is 2.34. The van der Waals surface area contributed by atoms with Gasteiger partial charge in [-0.25, -0.2) is 4.85 Å². The molecule has 68 valence electrons. The molecule has 5 heteroatoms. The molecule has 0 amide bonds. The van der Waals surface area contributed by atoms with E-state index in [0.29, 0.717) is 0 Å². The van der Waals surface area contributed by atoms with Crippen molar-refractivity contribution in [1.82, 2.24) is 0 Å². The largest absolute Gasteiger partial charge is 0.415 e. The van der Waals surface area contributed by atoms with Crippen molar-refractivity contribution in [3.8, 4) is 0 Å². The molecule has 0 N–H and O–H groups in total. The van der Waals surface area contributed by atoms with Crippen LogP contribution in [0.3, 0.4) is 0 Å². The molecule has 0 heterocycles. The summed E-state index contributed by atoms with van der Waals surface area (Å²) >= 11 is 5.47. The number of hydrogen-bond acceptors (Lipinski definition) is 0. The van der Waals surface area contributed by atoms with Gasteiger partial charge in [0.25, 0.3) is 0 Å². The summed E-state index contributed by atoms with van der Waals surface area (Å²) in [7, 11) is 0. The van der Waals surface area contributed by atoms with Crippen LogP contribution in [0.4, 0.5) is 18.9 Å². The summed E-state index contributed by atoms with van der Waals surface area (Å²) in [5.41, 5.74) is -1.04. The van der Waals surface area contributed by atoms with E-state index in [-0.39, 0.29) is 10.7 Å². The van der Waals surface area contributed by atoms with E-state index in [9.17, 15) is 13.2 Å². The molecular formula is C8H3ClF3N. The Morgan fingerprint density at radius 1 is 1.31 bits per heavy atom. The van der Waals surface area contributed by atoms with Gasteiger partial charge < -0.3 is 0 Å². The van der Waals surface area contributed by atoms with Crippen LogP contribution in [0.1, 0.15) is 5.56 Å². The predicted octanol–water partition coefficient (Wildman–Crippen LogP) is 3.91. The van der Waals surface area contributed by atoms with Gasteiger partial charge in [-0.1, -0.05) is 23.7 Å². The summed E-state index contributed by atoms with van der Waals surface area (Å²) in [6, 6.07) is 2.64. The maximum Gasteiger partial charge on any atom is 0.415 e. The lowest BCUT2D eigenvalue weighted by Crippen LogP contribution is -2.03. The lowest BCUT2D eigenvalue weighted by molar-refractivity contribution is -0.137. The Bertz CT molecular complexity index is 365. The van der Waals surface area contributed by atoms with E-state index in [1.54, 1.807) is 0 Å². The molecule has 0 radical (unpaired) electrons. The number of nitrogens with zero attached hydrogens (tertiary/aromatic N) is 1. The Labute approximate surface area is 77.6 Å². The third-order valence-corrected chi connectivity index (χ3v) is 1.71. The summed E-state index contributed by atoms with van der Waals surface area (Å²) in [6.07, 6.45) is -4.43. The van der Waals surface area contributed by atoms with Crippen LogP contribution in [0.2, 0.25) is 5.02 Å². The summed E-state index contributed by atoms with van der Waals surface area (Å²) in [5, 5.41) is 0.0306. The molecule has 1 nitrogen and oxygen atoms in total. The van der Waals surface area contributed by atoms with E-state index in [0.717, 1.165) is 18.2 Å². The van der Waals surface area contributed by atoms with E-state index in [2.05, 4.69) is 4.85 Å². The number of alkyl halides is 3. The molecule has 0 saturated heterocycles. The first-order valence-corrected chi connectivity index (χ1v) is 3.57. The van der Waals surface area contributed by atoms with Crippen LogP contribution < -0.4 is 0 Å². The highest BCUT2D eigenvalue weighted by Gasteiger charge is 2.30. The molecular weight excluding hydrogens is 203 g/mol. The minimum absolute atomic E-state index is 0.0306. The second kappa shape index (κ2) is 3.27. The fourth-order valence-electron chi connectivity index (χ4n) is 0.775. The first-order valence-electron chi connectivity index (χ1n) is 3.19. The molecule has 0 aliphatic heterocycles. The normalized spacial score (nSPS) is 11.0. The molecule has 1 rings (SSSR count). The monoisotopic (exact) mass is 205 g/mol. The van der Waals surface area contributed by atoms with Crippen LogP contribution in [0.5, 0.6) is 0 Å². The maximum absolute atomic E-state index is 12.1. The lowest BCUT2D eigenvalue weighted by Gasteiger charge is -2.06. The fraction of sp³-hybridized carbons (Fsp3) is 0.125. The molecule has 0 aromatic heterocycles. The van der Waals surface area contributed by atoms with Crippen LogP contribution in [0.25, 0.3) is 4.85 Å². The zero-order chi connectivity index (χ0) is 10.1. The summed E-state index contributed by atoms with van der Waals surface area (Å²) < 4.78 is 36.3. The molecule has 0 aliphatic carbocycles. The number of rotatable bonds is 0. The molecule has 13 heavy (non-hydrogen) atoms. The Balaban J connectivity index is 3.24. The maximum atomic E-state index is 12.1. The van der Waals surface area contributed by atoms with Crippen LogP contribution in [-0.2, 0) is 6.18 Å². The van der Waals surface area contributed by atoms with Crippen molar-refractivity contribution in [2.45, 2.75) is 6.18 Å². The van der Waals surface area contributed by atoms with Crippen molar-refractivity contribution in [3.63, 3.8) is 0 Å². The molecule has 0 unspecified atom stereocenters. The van der Waals surface area contributed by atoms with Gasteiger partial charge in [-0.15, -0.1) is 0 Å². The molecule has 0 spiro atoms. The average molecular weight is 206 g/mol. The highest BCUT2D eigenvalue weighted by atomic mass is 35.5. The van der Waals surface area contributed by atoms with E-state index in [1.807, 2.05) is 0 Å². The second-order valence-electron chi connectivity index (χ2n) is 2.28. The first-order chi connectivity index (χ1) is 5.95. The third-order valence-electron chi connectivity index (χ3n) is 1.39. The zero-order valence-electron chi connectivity index (χ0n) is 6.19. The fourth-order valence-corrected chi connectivity index (χ4v) is 0.934. The summed E-state index contributed by atoms with van der Waals surface area (Å²) in [4.78, 5) is 2.86. The minimum atomic E-state index is -4.43. The lowest BCUT2D eigenvalue weighted by atomic mass is 10.2. The van der Waals surface area contributed by atoms with E-state index < -0.39 is 11.7 Å². The van der Waals surface area contributed by atoms with Gasteiger partial charge in [0.2, 0.25) is 5.69 Å². The van der Waals surface area contributed by atoms with Crippen LogP contribution in [0, 0.1) is 6.57 Å². The van der Waals surface area contributed by atoms with Crippen molar-refractivity contribution in [1.29, 1.82) is 0 Å². The van der Waals surface area contributed by atoms with Gasteiger partial charge in [0, 0.05) is 10.6 Å². The molecule has 0 fully saturated rings. The summed E-state index contributed by atoms with van der Waals surface area (Å²) in [5.74, 6) is 0. The second-order valence-corrected chi connectivity index (χ2v) is 2.68. The first kappa shape index (κ1) is 9.87. The molecule has 0 aliphatic rings. The SMILES string of the molecule is [C-]#[N+]c1cc(C(F)(F)F)ccc1Cl. The Hall–Kier alpha value is -1.21. The molecule has 1 aromatic rings. The number of halogens is 4. The third kappa shape index (κ3) is 2.13. The Morgan fingerprint density at radius 3 is 2.38 bits per heavy atom. The van der Waals surface area contributed by atoms with Gasteiger partial charge >= 0.3 is 6.18 Å². The number of benzene rings is 1. The van der Waals surface area contributed by atoms with Crippen molar-refractivity contribution >= 4 is 17.3 Å². The smallest absolute Gasteiger partial charge is 0.237 e. The molecule has 1 aromatic carbocycles. The van der Waals surface area contributed by atoms with Crippen molar-refractivity contribution < 1.29 is 13.2 Å². The van der Waals surface area contributed by atoms with E-state index in [4.69, 9.17) is 18.2 Å². The van der Waals surface area contributed by atoms with Crippen LogP contribution >= 0.6 is 11.6 Å². The topological polar surface area (TPSA) is 4.36 Å². The van der Waals surface area contributed by atoms with Gasteiger partial charge in [-0.3, -0.25) is 0 Å². The summed E-state index contributed by atoms with van der Waals surface area (Å²) in [6.45, 7) is 6.56. The Morgan fingerprint density at radius 2 is 1.92 bits per heavy atom. The van der Waals surface area contributed by atoms with Gasteiger partial charge in [-0.05, 0) is 6.07 Å². The highest BCUT2D eigenvalue weighted by molar-refractivity contribution is 6.33. The number of hydrogen-bond donors (Lipinski definition) is 0. The van der Waals surface area contributed by atoms with E-state index >= 15 is 0 Å². The van der Waals surface area contributed by atoms with E-state index in [1.165, 1.54) is 0 Å². The van der Waals surface area contributed by atoms with Gasteiger partial charge in [0.05, 0.1) is 6.57 Å². The zero-order valence-corrected chi connectivity index (χ0v) is 6.95. The molecule has 0 bridgehead atoms. The molecule has 0 saturated carbocycles. The van der Waals surface area contributed by atoms with Gasteiger partial charge in [-0.2, -0.15) is 13.2 Å². The predicted molar refractivity (Wildman–Crippen MR) is 42.7 cm³/mol. The van der Waals surface area contributed by atoms with Crippen molar-refractivity contribution in [2.75, 3.05) is 0 Å². The minimum Gasteiger partial charge on any atom is -0.237 e.